The Labute approximate surface area is 170 Å². The van der Waals surface area contributed by atoms with Crippen LogP contribution in [0.4, 0.5) is 5.69 Å². The molecule has 152 valence electrons. The highest BCUT2D eigenvalue weighted by Gasteiger charge is 2.29. The maximum atomic E-state index is 12.2. The fraction of sp³-hybridized carbons (Fsp3) is 0.316. The molecule has 0 unspecified atom stereocenters. The highest BCUT2D eigenvalue weighted by atomic mass is 35.5. The van der Waals surface area contributed by atoms with Gasteiger partial charge in [0.15, 0.2) is 9.84 Å². The van der Waals surface area contributed by atoms with Gasteiger partial charge < -0.3 is 20.5 Å². The van der Waals surface area contributed by atoms with E-state index in [1.54, 1.807) is 36.4 Å². The zero-order valence-corrected chi connectivity index (χ0v) is 17.0. The van der Waals surface area contributed by atoms with Gasteiger partial charge in [-0.15, -0.1) is 12.4 Å². The first-order valence-electron chi connectivity index (χ1n) is 8.59. The molecule has 0 bridgehead atoms. The predicted molar refractivity (Wildman–Crippen MR) is 109 cm³/mol. The molecule has 0 spiro atoms. The molecule has 3 N–H and O–H groups in total. The molecule has 3 rings (SSSR count). The highest BCUT2D eigenvalue weighted by Crippen LogP contribution is 2.25. The Bertz CT molecular complexity index is 901. The third-order valence-electron chi connectivity index (χ3n) is 4.27. The Hall–Kier alpha value is -2.13. The highest BCUT2D eigenvalue weighted by molar-refractivity contribution is 7.90. The minimum atomic E-state index is -3.23. The lowest BCUT2D eigenvalue weighted by Crippen LogP contribution is -2.29. The summed E-state index contributed by atoms with van der Waals surface area (Å²) < 4.78 is 34.2. The molecule has 7 nitrogen and oxygen atoms in total. The van der Waals surface area contributed by atoms with E-state index in [-0.39, 0.29) is 29.3 Å². The molecule has 1 saturated heterocycles. The van der Waals surface area contributed by atoms with E-state index in [9.17, 15) is 13.2 Å². The van der Waals surface area contributed by atoms with E-state index in [2.05, 4.69) is 5.32 Å². The number of hydrogen-bond acceptors (Lipinski definition) is 6. The summed E-state index contributed by atoms with van der Waals surface area (Å²) >= 11 is 0. The second-order valence-corrected chi connectivity index (χ2v) is 8.43. The second kappa shape index (κ2) is 9.38. The van der Waals surface area contributed by atoms with Crippen LogP contribution in [0.3, 0.4) is 0 Å². The standard InChI is InChI=1S/C19H22N2O5S.ClH/c1-27(23,24)17-9-6-15(7-10-17)25-14-4-2-13(3-5-14)21-19(22)18-11-8-16(12-20)26-18;/h2-7,9-10,16,18H,8,11-12,20H2,1H3,(H,21,22);1H/t16-,18+;/m1./s1. The van der Waals surface area contributed by atoms with Gasteiger partial charge >= 0.3 is 0 Å². The summed E-state index contributed by atoms with van der Waals surface area (Å²) in [6, 6.07) is 13.1. The molecule has 1 fully saturated rings. The summed E-state index contributed by atoms with van der Waals surface area (Å²) in [6.07, 6.45) is 2.09. The lowest BCUT2D eigenvalue weighted by Gasteiger charge is -2.13. The average Bonchev–Trinajstić information content (AvgIpc) is 3.12. The fourth-order valence-electron chi connectivity index (χ4n) is 2.79. The normalized spacial score (nSPS) is 18.9. The number of amides is 1. The van der Waals surface area contributed by atoms with Crippen molar-refractivity contribution in [2.45, 2.75) is 29.9 Å². The monoisotopic (exact) mass is 426 g/mol. The van der Waals surface area contributed by atoms with Crippen LogP contribution in [0.25, 0.3) is 0 Å². The largest absolute Gasteiger partial charge is 0.457 e. The van der Waals surface area contributed by atoms with Crippen LogP contribution < -0.4 is 15.8 Å². The maximum Gasteiger partial charge on any atom is 0.253 e. The van der Waals surface area contributed by atoms with Gasteiger partial charge in [0.05, 0.1) is 11.0 Å². The Morgan fingerprint density at radius 3 is 2.18 bits per heavy atom. The van der Waals surface area contributed by atoms with Crippen molar-refractivity contribution >= 4 is 33.8 Å². The van der Waals surface area contributed by atoms with Crippen LogP contribution in [0.1, 0.15) is 12.8 Å². The molecule has 2 aromatic rings. The first kappa shape index (κ1) is 22.2. The Kier molecular flexibility index (Phi) is 7.42. The van der Waals surface area contributed by atoms with Crippen LogP contribution in [0.2, 0.25) is 0 Å². The van der Waals surface area contributed by atoms with Crippen LogP contribution in [0, 0.1) is 0 Å². The van der Waals surface area contributed by atoms with Gasteiger partial charge in [-0.1, -0.05) is 0 Å². The zero-order chi connectivity index (χ0) is 19.4. The van der Waals surface area contributed by atoms with Gasteiger partial charge in [0.1, 0.15) is 17.6 Å². The minimum Gasteiger partial charge on any atom is -0.457 e. The number of nitrogens with two attached hydrogens (primary N) is 1. The van der Waals surface area contributed by atoms with E-state index in [0.29, 0.717) is 30.2 Å². The van der Waals surface area contributed by atoms with Crippen molar-refractivity contribution < 1.29 is 22.7 Å². The summed E-state index contributed by atoms with van der Waals surface area (Å²) in [7, 11) is -3.23. The number of rotatable bonds is 6. The smallest absolute Gasteiger partial charge is 0.253 e. The van der Waals surface area contributed by atoms with Crippen molar-refractivity contribution in [1.29, 1.82) is 0 Å². The van der Waals surface area contributed by atoms with Crippen LogP contribution in [0.5, 0.6) is 11.5 Å². The molecule has 1 aliphatic heterocycles. The number of halogens is 1. The topological polar surface area (TPSA) is 108 Å². The van der Waals surface area contributed by atoms with E-state index >= 15 is 0 Å². The number of sulfone groups is 1. The molecule has 9 heteroatoms. The van der Waals surface area contributed by atoms with E-state index in [1.165, 1.54) is 12.1 Å². The van der Waals surface area contributed by atoms with E-state index in [4.69, 9.17) is 15.2 Å². The Balaban J connectivity index is 0.00000280. The summed E-state index contributed by atoms with van der Waals surface area (Å²) in [5, 5.41) is 2.82. The molecule has 0 radical (unpaired) electrons. The molecular formula is C19H23ClN2O5S. The molecule has 0 aliphatic carbocycles. The van der Waals surface area contributed by atoms with Gasteiger partial charge in [-0.05, 0) is 61.4 Å². The summed E-state index contributed by atoms with van der Waals surface area (Å²) in [5.74, 6) is 0.905. The third-order valence-corrected chi connectivity index (χ3v) is 5.40. The van der Waals surface area contributed by atoms with Crippen molar-refractivity contribution in [1.82, 2.24) is 0 Å². The van der Waals surface area contributed by atoms with Crippen molar-refractivity contribution in [3.05, 3.63) is 48.5 Å². The van der Waals surface area contributed by atoms with Gasteiger partial charge in [0, 0.05) is 18.5 Å². The van der Waals surface area contributed by atoms with Crippen LogP contribution in [0.15, 0.2) is 53.4 Å². The summed E-state index contributed by atoms with van der Waals surface area (Å²) in [5.41, 5.74) is 6.20. The predicted octanol–water partition coefficient (Wildman–Crippen LogP) is 2.75. The maximum absolute atomic E-state index is 12.2. The number of benzene rings is 2. The zero-order valence-electron chi connectivity index (χ0n) is 15.3. The molecular weight excluding hydrogens is 404 g/mol. The molecule has 1 heterocycles. The quantitative estimate of drug-likeness (QED) is 0.735. The molecule has 1 amide bonds. The van der Waals surface area contributed by atoms with Crippen molar-refractivity contribution in [2.24, 2.45) is 5.73 Å². The third kappa shape index (κ3) is 5.68. The Morgan fingerprint density at radius 1 is 1.11 bits per heavy atom. The van der Waals surface area contributed by atoms with E-state index in [1.807, 2.05) is 0 Å². The van der Waals surface area contributed by atoms with Crippen LogP contribution in [-0.4, -0.2) is 39.3 Å². The Morgan fingerprint density at radius 2 is 1.68 bits per heavy atom. The number of hydrogen-bond donors (Lipinski definition) is 2. The second-order valence-electron chi connectivity index (χ2n) is 6.42. The number of ether oxygens (including phenoxy) is 2. The SMILES string of the molecule is CS(=O)(=O)c1ccc(Oc2ccc(NC(=O)[C@@H]3CC[C@H](CN)O3)cc2)cc1.Cl. The molecule has 0 aromatic heterocycles. The van der Waals surface area contributed by atoms with Crippen LogP contribution in [-0.2, 0) is 19.4 Å². The molecule has 2 aromatic carbocycles. The lowest BCUT2D eigenvalue weighted by molar-refractivity contribution is -0.126. The van der Waals surface area contributed by atoms with Crippen molar-refractivity contribution in [2.75, 3.05) is 18.1 Å². The average molecular weight is 427 g/mol. The van der Waals surface area contributed by atoms with Gasteiger partial charge in [-0.3, -0.25) is 4.79 Å². The van der Waals surface area contributed by atoms with Gasteiger partial charge in [-0.25, -0.2) is 8.42 Å². The summed E-state index contributed by atoms with van der Waals surface area (Å²) in [6.45, 7) is 0.418. The van der Waals surface area contributed by atoms with Gasteiger partial charge in [0.25, 0.3) is 5.91 Å². The molecule has 2 atom stereocenters. The lowest BCUT2D eigenvalue weighted by atomic mass is 10.2. The summed E-state index contributed by atoms with van der Waals surface area (Å²) in [4.78, 5) is 12.4. The van der Waals surface area contributed by atoms with Crippen molar-refractivity contribution in [3.63, 3.8) is 0 Å². The number of carbonyl (C=O) groups excluding carboxylic acids is 1. The first-order valence-corrected chi connectivity index (χ1v) is 10.5. The fourth-order valence-corrected chi connectivity index (χ4v) is 3.42. The number of carbonyl (C=O) groups is 1. The van der Waals surface area contributed by atoms with E-state index in [0.717, 1.165) is 12.7 Å². The number of anilines is 1. The molecule has 1 aliphatic rings. The van der Waals surface area contributed by atoms with Gasteiger partial charge in [0.2, 0.25) is 0 Å². The van der Waals surface area contributed by atoms with Gasteiger partial charge in [-0.2, -0.15) is 0 Å². The van der Waals surface area contributed by atoms with E-state index < -0.39 is 15.9 Å². The first-order chi connectivity index (χ1) is 12.8. The molecule has 28 heavy (non-hydrogen) atoms. The molecule has 0 saturated carbocycles. The van der Waals surface area contributed by atoms with Crippen molar-refractivity contribution in [3.8, 4) is 11.5 Å². The minimum absolute atomic E-state index is 0. The van der Waals surface area contributed by atoms with Crippen LogP contribution >= 0.6 is 12.4 Å². The number of nitrogens with one attached hydrogen (secondary N) is 1.